The molecule has 0 atom stereocenters. The number of carbonyl (C=O) groups is 1. The Bertz CT molecular complexity index is 293. The summed E-state index contributed by atoms with van der Waals surface area (Å²) in [6.45, 7) is 12.7. The highest BCUT2D eigenvalue weighted by atomic mass is 35.5. The average Bonchev–Trinajstić information content (AvgIpc) is 2.55. The number of rotatable bonds is 3. The fourth-order valence-electron chi connectivity index (χ4n) is 2.40. The normalized spacial score (nSPS) is 23.0. The van der Waals surface area contributed by atoms with E-state index in [0.717, 1.165) is 0 Å². The summed E-state index contributed by atoms with van der Waals surface area (Å²) in [5.41, 5.74) is -0.0745. The van der Waals surface area contributed by atoms with E-state index < -0.39 is 0 Å². The molecule has 1 rings (SSSR count). The molecule has 3 heteroatoms. The van der Waals surface area contributed by atoms with Gasteiger partial charge < -0.3 is 4.90 Å². The Morgan fingerprint density at radius 1 is 1.25 bits per heavy atom. The molecule has 1 aliphatic carbocycles. The van der Waals surface area contributed by atoms with Crippen LogP contribution in [-0.2, 0) is 4.79 Å². The second-order valence-corrected chi connectivity index (χ2v) is 6.99. The molecule has 0 radical (unpaired) electrons. The van der Waals surface area contributed by atoms with Gasteiger partial charge in [-0.25, -0.2) is 0 Å². The minimum Gasteiger partial charge on any atom is -0.339 e. The van der Waals surface area contributed by atoms with Crippen molar-refractivity contribution >= 4 is 17.5 Å². The van der Waals surface area contributed by atoms with E-state index in [1.807, 2.05) is 20.9 Å². The van der Waals surface area contributed by atoms with Crippen LogP contribution in [-0.4, -0.2) is 29.3 Å². The topological polar surface area (TPSA) is 20.3 Å². The molecule has 1 aliphatic rings. The van der Waals surface area contributed by atoms with Crippen molar-refractivity contribution in [1.82, 2.24) is 4.90 Å². The summed E-state index contributed by atoms with van der Waals surface area (Å²) >= 11 is 5.91. The molecule has 0 aliphatic heterocycles. The molecule has 0 N–H and O–H groups in total. The van der Waals surface area contributed by atoms with Gasteiger partial charge in [0.05, 0.1) is 5.54 Å². The van der Waals surface area contributed by atoms with E-state index in [4.69, 9.17) is 11.6 Å². The van der Waals surface area contributed by atoms with E-state index in [1.54, 1.807) is 4.90 Å². The predicted molar refractivity (Wildman–Crippen MR) is 68.6 cm³/mol. The second kappa shape index (κ2) is 3.63. The van der Waals surface area contributed by atoms with Crippen LogP contribution in [0.25, 0.3) is 0 Å². The lowest BCUT2D eigenvalue weighted by Gasteiger charge is -2.34. The molecule has 0 spiro atoms. The molecule has 0 aromatic heterocycles. The molecule has 1 amide bonds. The minimum atomic E-state index is -0.270. The molecule has 1 saturated carbocycles. The van der Waals surface area contributed by atoms with Crippen LogP contribution in [0.4, 0.5) is 0 Å². The van der Waals surface area contributed by atoms with Crippen molar-refractivity contribution in [2.45, 2.75) is 47.1 Å². The monoisotopic (exact) mass is 245 g/mol. The van der Waals surface area contributed by atoms with Crippen molar-refractivity contribution in [2.75, 3.05) is 12.9 Å². The van der Waals surface area contributed by atoms with Crippen molar-refractivity contribution in [3.63, 3.8) is 0 Å². The maximum Gasteiger partial charge on any atom is 0.227 e. The summed E-state index contributed by atoms with van der Waals surface area (Å²) < 4.78 is 0. The van der Waals surface area contributed by atoms with Gasteiger partial charge in [0.1, 0.15) is 0 Å². The van der Waals surface area contributed by atoms with Crippen LogP contribution < -0.4 is 0 Å². The van der Waals surface area contributed by atoms with Crippen LogP contribution in [0, 0.1) is 16.7 Å². The Morgan fingerprint density at radius 3 is 1.88 bits per heavy atom. The number of carbonyl (C=O) groups excluding carboxylic acids is 1. The highest BCUT2D eigenvalue weighted by molar-refractivity contribution is 6.18. The zero-order valence-corrected chi connectivity index (χ0v) is 12.3. The number of hydrogen-bond donors (Lipinski definition) is 0. The van der Waals surface area contributed by atoms with Gasteiger partial charge in [-0.15, -0.1) is 11.6 Å². The molecule has 0 aromatic carbocycles. The lowest BCUT2D eigenvalue weighted by Crippen LogP contribution is -2.47. The van der Waals surface area contributed by atoms with Gasteiger partial charge in [0.15, 0.2) is 0 Å². The molecule has 1 fully saturated rings. The number of halogens is 1. The van der Waals surface area contributed by atoms with E-state index in [-0.39, 0.29) is 28.2 Å². The van der Waals surface area contributed by atoms with Crippen molar-refractivity contribution in [1.29, 1.82) is 0 Å². The second-order valence-electron chi connectivity index (χ2n) is 6.72. The Balaban J connectivity index is 2.83. The molecule has 0 heterocycles. The SMILES string of the molecule is CN(C(=O)C1C(C)(C)C1(C)C)C(C)(C)CCl. The van der Waals surface area contributed by atoms with E-state index in [0.29, 0.717) is 5.88 Å². The van der Waals surface area contributed by atoms with Gasteiger partial charge >= 0.3 is 0 Å². The Labute approximate surface area is 104 Å². The molecule has 94 valence electrons. The van der Waals surface area contributed by atoms with E-state index in [2.05, 4.69) is 27.7 Å². The third-order valence-electron chi connectivity index (χ3n) is 4.83. The molecule has 0 saturated heterocycles. The summed E-state index contributed by atoms with van der Waals surface area (Å²) in [5.74, 6) is 0.802. The van der Waals surface area contributed by atoms with Crippen molar-refractivity contribution in [3.8, 4) is 0 Å². The van der Waals surface area contributed by atoms with Gasteiger partial charge in [-0.05, 0) is 24.7 Å². The summed E-state index contributed by atoms with van der Waals surface area (Å²) in [7, 11) is 1.86. The summed E-state index contributed by atoms with van der Waals surface area (Å²) in [6, 6.07) is 0. The first kappa shape index (κ1) is 13.8. The number of alkyl halides is 1. The fraction of sp³-hybridized carbons (Fsp3) is 0.923. The minimum absolute atomic E-state index is 0.0980. The van der Waals surface area contributed by atoms with Crippen LogP contribution in [0.2, 0.25) is 0 Å². The fourth-order valence-corrected chi connectivity index (χ4v) is 2.57. The quantitative estimate of drug-likeness (QED) is 0.700. The van der Waals surface area contributed by atoms with Gasteiger partial charge in [0, 0.05) is 18.8 Å². The largest absolute Gasteiger partial charge is 0.339 e. The summed E-state index contributed by atoms with van der Waals surface area (Å²) in [6.07, 6.45) is 0. The molecular weight excluding hydrogens is 222 g/mol. The van der Waals surface area contributed by atoms with Gasteiger partial charge in [0.25, 0.3) is 0 Å². The van der Waals surface area contributed by atoms with E-state index in [9.17, 15) is 4.79 Å². The summed E-state index contributed by atoms with van der Waals surface area (Å²) in [4.78, 5) is 14.2. The number of nitrogens with zero attached hydrogens (tertiary/aromatic N) is 1. The highest BCUT2D eigenvalue weighted by Gasteiger charge is 2.69. The molecule has 0 unspecified atom stereocenters. The van der Waals surface area contributed by atoms with Crippen molar-refractivity contribution in [3.05, 3.63) is 0 Å². The van der Waals surface area contributed by atoms with Crippen molar-refractivity contribution in [2.24, 2.45) is 16.7 Å². The average molecular weight is 246 g/mol. The lowest BCUT2D eigenvalue weighted by atomic mass is 10.0. The van der Waals surface area contributed by atoms with Crippen molar-refractivity contribution < 1.29 is 4.79 Å². The van der Waals surface area contributed by atoms with Gasteiger partial charge in [-0.3, -0.25) is 4.79 Å². The van der Waals surface area contributed by atoms with Crippen LogP contribution in [0.15, 0.2) is 0 Å². The van der Waals surface area contributed by atoms with Crippen LogP contribution >= 0.6 is 11.6 Å². The molecule has 0 aromatic rings. The first-order chi connectivity index (χ1) is 7.00. The van der Waals surface area contributed by atoms with E-state index >= 15 is 0 Å². The first-order valence-corrected chi connectivity index (χ1v) is 6.37. The molecular formula is C13H24ClNO. The zero-order chi connectivity index (χ0) is 12.9. The number of amides is 1. The third-order valence-corrected chi connectivity index (χ3v) is 5.49. The maximum absolute atomic E-state index is 12.4. The molecule has 2 nitrogen and oxygen atoms in total. The lowest BCUT2D eigenvalue weighted by molar-refractivity contribution is -0.136. The Kier molecular flexibility index (Phi) is 3.13. The third kappa shape index (κ3) is 1.75. The van der Waals surface area contributed by atoms with Crippen LogP contribution in [0.3, 0.4) is 0 Å². The molecule has 16 heavy (non-hydrogen) atoms. The Hall–Kier alpha value is -0.240. The summed E-state index contributed by atoms with van der Waals surface area (Å²) in [5, 5.41) is 0. The van der Waals surface area contributed by atoms with E-state index in [1.165, 1.54) is 0 Å². The standard InChI is InChI=1S/C13H24ClNO/c1-11(2,8-14)15(7)10(16)9-12(3,4)13(9,5)6/h9H,8H2,1-7H3. The Morgan fingerprint density at radius 2 is 1.62 bits per heavy atom. The maximum atomic E-state index is 12.4. The molecule has 0 bridgehead atoms. The van der Waals surface area contributed by atoms with Gasteiger partial charge in [-0.2, -0.15) is 0 Å². The van der Waals surface area contributed by atoms with Gasteiger partial charge in [-0.1, -0.05) is 27.7 Å². The van der Waals surface area contributed by atoms with Crippen LogP contribution in [0.1, 0.15) is 41.5 Å². The highest BCUT2D eigenvalue weighted by Crippen LogP contribution is 2.68. The van der Waals surface area contributed by atoms with Crippen LogP contribution in [0.5, 0.6) is 0 Å². The smallest absolute Gasteiger partial charge is 0.227 e. The number of hydrogen-bond acceptors (Lipinski definition) is 1. The first-order valence-electron chi connectivity index (χ1n) is 5.84. The zero-order valence-electron chi connectivity index (χ0n) is 11.5. The van der Waals surface area contributed by atoms with Gasteiger partial charge in [0.2, 0.25) is 5.91 Å². The predicted octanol–water partition coefficient (Wildman–Crippen LogP) is 3.14.